The van der Waals surface area contributed by atoms with Crippen LogP contribution in [0.5, 0.6) is 0 Å². The van der Waals surface area contributed by atoms with E-state index in [2.05, 4.69) is 10.6 Å². The average molecular weight is 264 g/mol. The molecule has 1 unspecified atom stereocenters. The van der Waals surface area contributed by atoms with Gasteiger partial charge in [-0.15, -0.1) is 0 Å². The smallest absolute Gasteiger partial charge is 0.325 e. The lowest BCUT2D eigenvalue weighted by Crippen LogP contribution is -2.35. The summed E-state index contributed by atoms with van der Waals surface area (Å²) in [5.74, 6) is -1.03. The van der Waals surface area contributed by atoms with Crippen LogP contribution in [0.1, 0.15) is 31.9 Å². The van der Waals surface area contributed by atoms with Gasteiger partial charge in [0.1, 0.15) is 6.04 Å². The molecule has 0 aliphatic rings. The summed E-state index contributed by atoms with van der Waals surface area (Å²) in [5, 5.41) is 14.8. The number of rotatable bonds is 7. The zero-order valence-corrected chi connectivity index (χ0v) is 11.2. The Labute approximate surface area is 113 Å². The van der Waals surface area contributed by atoms with Gasteiger partial charge in [0.05, 0.1) is 0 Å². The number of amides is 1. The highest BCUT2D eigenvalue weighted by Gasteiger charge is 2.18. The molecule has 0 saturated carbocycles. The molecular weight excluding hydrogens is 244 g/mol. The summed E-state index contributed by atoms with van der Waals surface area (Å²) in [7, 11) is 0. The maximum Gasteiger partial charge on any atom is 0.325 e. The zero-order chi connectivity index (χ0) is 14.3. The summed E-state index contributed by atoms with van der Waals surface area (Å²) < 4.78 is 0. The number of aliphatic carboxylic acids is 1. The van der Waals surface area contributed by atoms with E-state index in [1.54, 1.807) is 24.3 Å². The van der Waals surface area contributed by atoms with E-state index >= 15 is 0 Å². The molecule has 0 aliphatic carbocycles. The van der Waals surface area contributed by atoms with Gasteiger partial charge in [0.25, 0.3) is 0 Å². The van der Waals surface area contributed by atoms with Crippen LogP contribution < -0.4 is 10.6 Å². The fraction of sp³-hybridized carbons (Fsp3) is 0.429. The van der Waals surface area contributed by atoms with E-state index in [4.69, 9.17) is 0 Å². The number of carbonyl (C=O) groups is 2. The third-order valence-corrected chi connectivity index (χ3v) is 2.53. The summed E-state index contributed by atoms with van der Waals surface area (Å²) in [6.07, 6.45) is 0.259. The van der Waals surface area contributed by atoms with Crippen LogP contribution >= 0.6 is 0 Å². The second-order valence-corrected chi connectivity index (χ2v) is 4.61. The van der Waals surface area contributed by atoms with Crippen molar-refractivity contribution < 1.29 is 14.7 Å². The molecule has 0 aliphatic heterocycles. The van der Waals surface area contributed by atoms with E-state index in [-0.39, 0.29) is 18.4 Å². The Bertz CT molecular complexity index is 418. The average Bonchev–Trinajstić information content (AvgIpc) is 2.34. The van der Waals surface area contributed by atoms with Crippen molar-refractivity contribution in [2.24, 2.45) is 0 Å². The maximum absolute atomic E-state index is 11.4. The maximum atomic E-state index is 11.4. The van der Waals surface area contributed by atoms with Crippen LogP contribution in [0, 0.1) is 0 Å². The minimum absolute atomic E-state index is 0.0836. The first kappa shape index (κ1) is 15.2. The SMILES string of the molecule is CC(C)NC(=O)CCNC(C(=O)O)c1ccccc1. The number of carboxylic acid groups (broad SMARTS) is 1. The monoisotopic (exact) mass is 264 g/mol. The number of carbonyl (C=O) groups excluding carboxylic acids is 1. The largest absolute Gasteiger partial charge is 0.480 e. The second kappa shape index (κ2) is 7.53. The van der Waals surface area contributed by atoms with Crippen molar-refractivity contribution in [1.29, 1.82) is 0 Å². The number of nitrogens with one attached hydrogen (secondary N) is 2. The van der Waals surface area contributed by atoms with Crippen molar-refractivity contribution in [3.05, 3.63) is 35.9 Å². The number of hydrogen-bond donors (Lipinski definition) is 3. The molecule has 1 rings (SSSR count). The van der Waals surface area contributed by atoms with Gasteiger partial charge in [-0.2, -0.15) is 0 Å². The molecule has 1 aromatic rings. The number of benzene rings is 1. The number of carboxylic acids is 1. The molecule has 19 heavy (non-hydrogen) atoms. The highest BCUT2D eigenvalue weighted by molar-refractivity contribution is 5.77. The Morgan fingerprint density at radius 1 is 1.21 bits per heavy atom. The standard InChI is InChI=1S/C14H20N2O3/c1-10(2)16-12(17)8-9-15-13(14(18)19)11-6-4-3-5-7-11/h3-7,10,13,15H,8-9H2,1-2H3,(H,16,17)(H,18,19). The van der Waals surface area contributed by atoms with E-state index < -0.39 is 12.0 Å². The van der Waals surface area contributed by atoms with E-state index in [9.17, 15) is 14.7 Å². The van der Waals surface area contributed by atoms with E-state index in [1.807, 2.05) is 19.9 Å². The normalized spacial score (nSPS) is 12.2. The molecule has 0 fully saturated rings. The Balaban J connectivity index is 2.48. The molecule has 0 bridgehead atoms. The third kappa shape index (κ3) is 5.52. The van der Waals surface area contributed by atoms with Crippen LogP contribution in [0.2, 0.25) is 0 Å². The van der Waals surface area contributed by atoms with E-state index in [0.29, 0.717) is 12.1 Å². The Kier molecular flexibility index (Phi) is 6.02. The van der Waals surface area contributed by atoms with Crippen molar-refractivity contribution >= 4 is 11.9 Å². The summed E-state index contributed by atoms with van der Waals surface area (Å²) in [6, 6.07) is 8.22. The third-order valence-electron chi connectivity index (χ3n) is 2.53. The Hall–Kier alpha value is -1.88. The molecule has 1 aromatic carbocycles. The minimum atomic E-state index is -0.949. The van der Waals surface area contributed by atoms with Crippen molar-refractivity contribution in [3.63, 3.8) is 0 Å². The highest BCUT2D eigenvalue weighted by atomic mass is 16.4. The quantitative estimate of drug-likeness (QED) is 0.694. The summed E-state index contributed by atoms with van der Waals surface area (Å²) in [4.78, 5) is 22.6. The lowest BCUT2D eigenvalue weighted by molar-refractivity contribution is -0.139. The zero-order valence-electron chi connectivity index (χ0n) is 11.2. The molecule has 104 valence electrons. The Morgan fingerprint density at radius 3 is 2.37 bits per heavy atom. The van der Waals surface area contributed by atoms with Gasteiger partial charge >= 0.3 is 5.97 Å². The molecule has 0 aromatic heterocycles. The summed E-state index contributed by atoms with van der Waals surface area (Å²) >= 11 is 0. The minimum Gasteiger partial charge on any atom is -0.480 e. The first-order valence-electron chi connectivity index (χ1n) is 6.31. The van der Waals surface area contributed by atoms with Crippen molar-refractivity contribution in [1.82, 2.24) is 10.6 Å². The van der Waals surface area contributed by atoms with Gasteiger partial charge in [-0.1, -0.05) is 30.3 Å². The van der Waals surface area contributed by atoms with Crippen LogP contribution in [-0.4, -0.2) is 29.6 Å². The molecule has 0 heterocycles. The molecule has 0 radical (unpaired) electrons. The van der Waals surface area contributed by atoms with Crippen LogP contribution in [0.4, 0.5) is 0 Å². The first-order chi connectivity index (χ1) is 9.00. The Morgan fingerprint density at radius 2 is 1.84 bits per heavy atom. The van der Waals surface area contributed by atoms with E-state index in [1.165, 1.54) is 0 Å². The van der Waals surface area contributed by atoms with E-state index in [0.717, 1.165) is 0 Å². The van der Waals surface area contributed by atoms with Gasteiger partial charge < -0.3 is 15.7 Å². The topological polar surface area (TPSA) is 78.4 Å². The van der Waals surface area contributed by atoms with Crippen LogP contribution in [0.3, 0.4) is 0 Å². The molecule has 1 amide bonds. The molecule has 0 spiro atoms. The lowest BCUT2D eigenvalue weighted by atomic mass is 10.1. The molecule has 1 atom stereocenters. The van der Waals surface area contributed by atoms with Gasteiger partial charge in [-0.05, 0) is 19.4 Å². The lowest BCUT2D eigenvalue weighted by Gasteiger charge is -2.15. The van der Waals surface area contributed by atoms with Gasteiger partial charge in [0.15, 0.2) is 0 Å². The van der Waals surface area contributed by atoms with Crippen LogP contribution in [0.25, 0.3) is 0 Å². The predicted molar refractivity (Wildman–Crippen MR) is 72.7 cm³/mol. The van der Waals surface area contributed by atoms with Gasteiger partial charge in [-0.25, -0.2) is 0 Å². The van der Waals surface area contributed by atoms with Crippen molar-refractivity contribution in [2.75, 3.05) is 6.54 Å². The van der Waals surface area contributed by atoms with Crippen LogP contribution in [0.15, 0.2) is 30.3 Å². The molecule has 3 N–H and O–H groups in total. The van der Waals surface area contributed by atoms with Gasteiger partial charge in [0.2, 0.25) is 5.91 Å². The molecule has 5 nitrogen and oxygen atoms in total. The molecular formula is C14H20N2O3. The number of hydrogen-bond acceptors (Lipinski definition) is 3. The van der Waals surface area contributed by atoms with Crippen molar-refractivity contribution in [3.8, 4) is 0 Å². The van der Waals surface area contributed by atoms with Crippen molar-refractivity contribution in [2.45, 2.75) is 32.4 Å². The first-order valence-corrected chi connectivity index (χ1v) is 6.31. The van der Waals surface area contributed by atoms with Gasteiger partial charge in [-0.3, -0.25) is 9.59 Å². The summed E-state index contributed by atoms with van der Waals surface area (Å²) in [6.45, 7) is 4.09. The molecule has 0 saturated heterocycles. The highest BCUT2D eigenvalue weighted by Crippen LogP contribution is 2.12. The fourth-order valence-corrected chi connectivity index (χ4v) is 1.72. The molecule has 5 heteroatoms. The summed E-state index contributed by atoms with van der Waals surface area (Å²) in [5.41, 5.74) is 0.680. The van der Waals surface area contributed by atoms with Gasteiger partial charge in [0, 0.05) is 19.0 Å². The fourth-order valence-electron chi connectivity index (χ4n) is 1.72. The second-order valence-electron chi connectivity index (χ2n) is 4.61. The van der Waals surface area contributed by atoms with Crippen LogP contribution in [-0.2, 0) is 9.59 Å². The predicted octanol–water partition coefficient (Wildman–Crippen LogP) is 1.32.